The molecule has 2 aromatic rings. The standard InChI is InChI=1S/C26H32N4O/c1-2-12-30(17-24-4-3-11-28-24)16-20-13-23-10-9-22(15-25(23)29-26(27)14-20)21-7-5-19(18-31)6-8-21/h5-10,13,15,18,24,28H,2-4,11-12,14,16-17H2,1H3,(H2,27,29). The predicted octanol–water partition coefficient (Wildman–Crippen LogP) is 4.41. The molecule has 1 unspecified atom stereocenters. The molecular weight excluding hydrogens is 384 g/mol. The van der Waals surface area contributed by atoms with Crippen LogP contribution in [-0.4, -0.2) is 49.2 Å². The Hall–Kier alpha value is -2.76. The second kappa shape index (κ2) is 10.0. The van der Waals surface area contributed by atoms with Crippen molar-refractivity contribution in [2.24, 2.45) is 10.7 Å². The number of carbonyl (C=O) groups is 1. The average Bonchev–Trinajstić information content (AvgIpc) is 3.22. The summed E-state index contributed by atoms with van der Waals surface area (Å²) in [4.78, 5) is 18.2. The minimum absolute atomic E-state index is 0.601. The third kappa shape index (κ3) is 5.49. The van der Waals surface area contributed by atoms with Crippen LogP contribution in [0.25, 0.3) is 17.2 Å². The third-order valence-corrected chi connectivity index (χ3v) is 6.05. The lowest BCUT2D eigenvalue weighted by molar-refractivity contribution is 0.112. The number of hydrogen-bond acceptors (Lipinski definition) is 5. The van der Waals surface area contributed by atoms with E-state index >= 15 is 0 Å². The summed E-state index contributed by atoms with van der Waals surface area (Å²) in [5.74, 6) is 0.661. The van der Waals surface area contributed by atoms with Crippen LogP contribution in [0.1, 0.15) is 48.5 Å². The van der Waals surface area contributed by atoms with Crippen molar-refractivity contribution in [1.82, 2.24) is 10.2 Å². The van der Waals surface area contributed by atoms with Gasteiger partial charge in [0.15, 0.2) is 0 Å². The van der Waals surface area contributed by atoms with Gasteiger partial charge in [0.2, 0.25) is 0 Å². The lowest BCUT2D eigenvalue weighted by Crippen LogP contribution is -2.39. The first-order valence-electron chi connectivity index (χ1n) is 11.3. The van der Waals surface area contributed by atoms with Crippen LogP contribution >= 0.6 is 0 Å². The van der Waals surface area contributed by atoms with Crippen molar-refractivity contribution in [2.45, 2.75) is 38.6 Å². The van der Waals surface area contributed by atoms with Gasteiger partial charge in [-0.15, -0.1) is 0 Å². The highest BCUT2D eigenvalue weighted by Gasteiger charge is 2.19. The van der Waals surface area contributed by atoms with Crippen molar-refractivity contribution in [3.8, 4) is 11.1 Å². The van der Waals surface area contributed by atoms with E-state index in [-0.39, 0.29) is 0 Å². The number of benzene rings is 2. The number of amidine groups is 1. The third-order valence-electron chi connectivity index (χ3n) is 6.05. The minimum atomic E-state index is 0.601. The summed E-state index contributed by atoms with van der Waals surface area (Å²) in [5, 5.41) is 3.62. The molecule has 2 aromatic carbocycles. The molecule has 4 rings (SSSR count). The van der Waals surface area contributed by atoms with Crippen LogP contribution in [0.4, 0.5) is 5.69 Å². The lowest BCUT2D eigenvalue weighted by atomic mass is 10.00. The Balaban J connectivity index is 1.56. The fourth-order valence-electron chi connectivity index (χ4n) is 4.56. The number of aldehydes is 1. The molecule has 2 aliphatic heterocycles. The van der Waals surface area contributed by atoms with Crippen LogP contribution in [0, 0.1) is 0 Å². The zero-order chi connectivity index (χ0) is 21.6. The van der Waals surface area contributed by atoms with E-state index in [1.54, 1.807) is 0 Å². The summed E-state index contributed by atoms with van der Waals surface area (Å²) in [6.07, 6.45) is 7.52. The summed E-state index contributed by atoms with van der Waals surface area (Å²) in [5.41, 5.74) is 12.5. The average molecular weight is 417 g/mol. The summed E-state index contributed by atoms with van der Waals surface area (Å²) in [6, 6.07) is 14.5. The first kappa shape index (κ1) is 21.5. The number of hydrogen-bond donors (Lipinski definition) is 2. The van der Waals surface area contributed by atoms with E-state index in [1.165, 1.54) is 18.4 Å². The van der Waals surface area contributed by atoms with Crippen molar-refractivity contribution in [1.29, 1.82) is 0 Å². The number of fused-ring (bicyclic) bond motifs is 1. The number of carbonyl (C=O) groups excluding carboxylic acids is 1. The van der Waals surface area contributed by atoms with Gasteiger partial charge in [-0.05, 0) is 55.1 Å². The van der Waals surface area contributed by atoms with Crippen LogP contribution < -0.4 is 11.1 Å². The van der Waals surface area contributed by atoms with Crippen LogP contribution in [0.5, 0.6) is 0 Å². The number of nitrogens with two attached hydrogens (primary N) is 1. The molecule has 0 bridgehead atoms. The molecule has 1 fully saturated rings. The Morgan fingerprint density at radius 3 is 2.71 bits per heavy atom. The molecule has 2 heterocycles. The van der Waals surface area contributed by atoms with Gasteiger partial charge in [0, 0.05) is 36.7 Å². The zero-order valence-corrected chi connectivity index (χ0v) is 18.3. The maximum absolute atomic E-state index is 10.9. The fraction of sp³-hybridized carbons (Fsp3) is 0.385. The zero-order valence-electron chi connectivity index (χ0n) is 18.3. The summed E-state index contributed by atoms with van der Waals surface area (Å²) in [6.45, 7) is 6.49. The van der Waals surface area contributed by atoms with Gasteiger partial charge in [-0.3, -0.25) is 9.69 Å². The second-order valence-electron chi connectivity index (χ2n) is 8.62. The Labute approximate surface area is 185 Å². The molecule has 5 nitrogen and oxygen atoms in total. The maximum atomic E-state index is 10.9. The summed E-state index contributed by atoms with van der Waals surface area (Å²) >= 11 is 0. The lowest BCUT2D eigenvalue weighted by Gasteiger charge is -2.26. The Morgan fingerprint density at radius 2 is 2.00 bits per heavy atom. The molecule has 2 aliphatic rings. The molecule has 1 atom stereocenters. The highest BCUT2D eigenvalue weighted by molar-refractivity contribution is 5.91. The van der Waals surface area contributed by atoms with E-state index < -0.39 is 0 Å². The van der Waals surface area contributed by atoms with Gasteiger partial charge in [-0.25, -0.2) is 4.99 Å². The quantitative estimate of drug-likeness (QED) is 0.626. The van der Waals surface area contributed by atoms with Gasteiger partial charge in [-0.2, -0.15) is 0 Å². The van der Waals surface area contributed by atoms with E-state index in [4.69, 9.17) is 10.7 Å². The Bertz CT molecular complexity index is 971. The van der Waals surface area contributed by atoms with E-state index in [0.717, 1.165) is 61.3 Å². The molecular formula is C26H32N4O. The van der Waals surface area contributed by atoms with Gasteiger partial charge < -0.3 is 11.1 Å². The molecule has 5 heteroatoms. The largest absolute Gasteiger partial charge is 0.387 e. The van der Waals surface area contributed by atoms with Gasteiger partial charge in [0.05, 0.1) is 5.69 Å². The van der Waals surface area contributed by atoms with E-state index in [1.807, 2.05) is 24.3 Å². The smallest absolute Gasteiger partial charge is 0.150 e. The minimum Gasteiger partial charge on any atom is -0.387 e. The highest BCUT2D eigenvalue weighted by atomic mass is 16.1. The van der Waals surface area contributed by atoms with E-state index in [2.05, 4.69) is 41.4 Å². The number of nitrogens with zero attached hydrogens (tertiary/aromatic N) is 2. The predicted molar refractivity (Wildman–Crippen MR) is 129 cm³/mol. The van der Waals surface area contributed by atoms with E-state index in [9.17, 15) is 4.79 Å². The van der Waals surface area contributed by atoms with Gasteiger partial charge in [0.1, 0.15) is 12.1 Å². The summed E-state index contributed by atoms with van der Waals surface area (Å²) in [7, 11) is 0. The SMILES string of the molecule is CCCN(CC1=Cc2ccc(-c3ccc(C=O)cc3)cc2N=C(N)C1)CC1CCCN1. The van der Waals surface area contributed by atoms with E-state index in [0.29, 0.717) is 23.9 Å². The molecule has 162 valence electrons. The number of nitrogens with one attached hydrogen (secondary N) is 1. The molecule has 0 radical (unpaired) electrons. The monoisotopic (exact) mass is 416 g/mol. The molecule has 31 heavy (non-hydrogen) atoms. The Morgan fingerprint density at radius 1 is 1.19 bits per heavy atom. The van der Waals surface area contributed by atoms with Crippen molar-refractivity contribution in [2.75, 3.05) is 26.2 Å². The number of rotatable bonds is 8. The van der Waals surface area contributed by atoms with Crippen LogP contribution in [-0.2, 0) is 0 Å². The topological polar surface area (TPSA) is 70.7 Å². The maximum Gasteiger partial charge on any atom is 0.150 e. The van der Waals surface area contributed by atoms with Gasteiger partial charge in [-0.1, -0.05) is 49.4 Å². The summed E-state index contributed by atoms with van der Waals surface area (Å²) < 4.78 is 0. The van der Waals surface area contributed by atoms with Crippen molar-refractivity contribution < 1.29 is 4.79 Å². The first-order valence-corrected chi connectivity index (χ1v) is 11.3. The molecule has 0 saturated carbocycles. The van der Waals surface area contributed by atoms with Crippen molar-refractivity contribution in [3.63, 3.8) is 0 Å². The van der Waals surface area contributed by atoms with Crippen LogP contribution in [0.3, 0.4) is 0 Å². The molecule has 0 aromatic heterocycles. The second-order valence-corrected chi connectivity index (χ2v) is 8.62. The number of aliphatic imine (C=N–C) groups is 1. The fourth-order valence-corrected chi connectivity index (χ4v) is 4.56. The molecule has 0 amide bonds. The normalized spacial score (nSPS) is 18.3. The van der Waals surface area contributed by atoms with Gasteiger partial charge in [0.25, 0.3) is 0 Å². The first-order chi connectivity index (χ1) is 15.1. The highest BCUT2D eigenvalue weighted by Crippen LogP contribution is 2.32. The van der Waals surface area contributed by atoms with Crippen LogP contribution in [0.15, 0.2) is 53.0 Å². The van der Waals surface area contributed by atoms with Crippen molar-refractivity contribution in [3.05, 3.63) is 59.2 Å². The molecule has 3 N–H and O–H groups in total. The van der Waals surface area contributed by atoms with Crippen LogP contribution in [0.2, 0.25) is 0 Å². The Kier molecular flexibility index (Phi) is 6.95. The van der Waals surface area contributed by atoms with Gasteiger partial charge >= 0.3 is 0 Å². The van der Waals surface area contributed by atoms with Crippen molar-refractivity contribution >= 4 is 23.9 Å². The molecule has 1 saturated heterocycles. The molecule has 0 aliphatic carbocycles. The molecule has 0 spiro atoms.